The normalized spacial score (nSPS) is 19.2. The number of anilines is 2. The zero-order chi connectivity index (χ0) is 14.3. The maximum Gasteiger partial charge on any atom is 0.0745 e. The maximum atomic E-state index is 6.22. The van der Waals surface area contributed by atoms with E-state index in [0.29, 0.717) is 0 Å². The molecule has 0 amide bonds. The molecule has 2 N–H and O–H groups in total. The molecule has 0 aliphatic carbocycles. The first-order valence-electron chi connectivity index (χ1n) is 7.15. The van der Waals surface area contributed by atoms with Gasteiger partial charge in [-0.25, -0.2) is 0 Å². The zero-order valence-corrected chi connectivity index (χ0v) is 13.5. The molecule has 2 heterocycles. The van der Waals surface area contributed by atoms with Gasteiger partial charge in [-0.15, -0.1) is 0 Å². The number of nitrogen functional groups attached to an aromatic ring is 1. The molecular formula is C16H20BrN3. The van der Waals surface area contributed by atoms with Gasteiger partial charge in [-0.3, -0.25) is 4.98 Å². The summed E-state index contributed by atoms with van der Waals surface area (Å²) < 4.78 is 1.07. The maximum absolute atomic E-state index is 6.22. The van der Waals surface area contributed by atoms with Crippen molar-refractivity contribution in [3.8, 4) is 0 Å². The largest absolute Gasteiger partial charge is 0.396 e. The van der Waals surface area contributed by atoms with Crippen molar-refractivity contribution in [1.29, 1.82) is 0 Å². The van der Waals surface area contributed by atoms with Gasteiger partial charge in [0.2, 0.25) is 0 Å². The predicted molar refractivity (Wildman–Crippen MR) is 89.0 cm³/mol. The van der Waals surface area contributed by atoms with Crippen molar-refractivity contribution in [1.82, 2.24) is 4.98 Å². The molecule has 106 valence electrons. The van der Waals surface area contributed by atoms with E-state index in [4.69, 9.17) is 5.73 Å². The molecule has 0 bridgehead atoms. The Bertz CT molecular complexity index is 634. The lowest BCUT2D eigenvalue weighted by Gasteiger charge is -2.23. The lowest BCUT2D eigenvalue weighted by atomic mass is 9.95. The Hall–Kier alpha value is -1.29. The van der Waals surface area contributed by atoms with Crippen LogP contribution in [0.2, 0.25) is 0 Å². The first kappa shape index (κ1) is 13.7. The van der Waals surface area contributed by atoms with Crippen LogP contribution in [0.25, 0.3) is 10.9 Å². The number of nitrogens with two attached hydrogens (primary N) is 1. The van der Waals surface area contributed by atoms with Crippen LogP contribution in [0, 0.1) is 11.8 Å². The smallest absolute Gasteiger partial charge is 0.0745 e. The average Bonchev–Trinajstić information content (AvgIpc) is 2.88. The highest BCUT2D eigenvalue weighted by Crippen LogP contribution is 2.37. The van der Waals surface area contributed by atoms with Crippen molar-refractivity contribution in [2.24, 2.45) is 11.8 Å². The van der Waals surface area contributed by atoms with E-state index in [1.165, 1.54) is 6.42 Å². The average molecular weight is 334 g/mol. The minimum absolute atomic E-state index is 0.723. The highest BCUT2D eigenvalue weighted by molar-refractivity contribution is 9.10. The molecule has 1 saturated heterocycles. The molecule has 1 aliphatic rings. The Balaban J connectivity index is 2.07. The summed E-state index contributed by atoms with van der Waals surface area (Å²) in [5.41, 5.74) is 9.15. The molecule has 1 aliphatic heterocycles. The van der Waals surface area contributed by atoms with Crippen LogP contribution in [0.5, 0.6) is 0 Å². The lowest BCUT2D eigenvalue weighted by Crippen LogP contribution is -2.22. The minimum Gasteiger partial charge on any atom is -0.396 e. The fourth-order valence-corrected chi connectivity index (χ4v) is 3.41. The molecule has 3 nitrogen and oxygen atoms in total. The van der Waals surface area contributed by atoms with E-state index in [0.717, 1.165) is 51.7 Å². The number of hydrogen-bond acceptors (Lipinski definition) is 3. The number of aromatic nitrogens is 1. The molecule has 0 saturated carbocycles. The topological polar surface area (TPSA) is 42.1 Å². The Labute approximate surface area is 128 Å². The summed E-state index contributed by atoms with van der Waals surface area (Å²) in [7, 11) is 0. The third kappa shape index (κ3) is 2.37. The van der Waals surface area contributed by atoms with Crippen LogP contribution in [-0.2, 0) is 0 Å². The molecule has 0 spiro atoms. The number of rotatable bonds is 2. The first-order valence-corrected chi connectivity index (χ1v) is 7.94. The van der Waals surface area contributed by atoms with Gasteiger partial charge in [0.05, 0.1) is 23.1 Å². The Morgan fingerprint density at radius 1 is 1.40 bits per heavy atom. The van der Waals surface area contributed by atoms with E-state index in [1.54, 1.807) is 6.20 Å². The second kappa shape index (κ2) is 5.24. The van der Waals surface area contributed by atoms with Gasteiger partial charge in [-0.05, 0) is 36.5 Å². The SMILES string of the molecule is CC(C)C1CCN(c2c(N)cnc3ccc(Br)cc23)C1. The van der Waals surface area contributed by atoms with Crippen LogP contribution in [0.3, 0.4) is 0 Å². The molecule has 1 atom stereocenters. The van der Waals surface area contributed by atoms with Crippen LogP contribution in [0.1, 0.15) is 20.3 Å². The summed E-state index contributed by atoms with van der Waals surface area (Å²) in [6, 6.07) is 6.19. The summed E-state index contributed by atoms with van der Waals surface area (Å²) in [5.74, 6) is 1.48. The van der Waals surface area contributed by atoms with Crippen LogP contribution in [0.15, 0.2) is 28.9 Å². The summed E-state index contributed by atoms with van der Waals surface area (Å²) in [6.45, 7) is 6.78. The van der Waals surface area contributed by atoms with E-state index in [9.17, 15) is 0 Å². The van der Waals surface area contributed by atoms with Crippen molar-refractivity contribution < 1.29 is 0 Å². The van der Waals surface area contributed by atoms with E-state index < -0.39 is 0 Å². The Kier molecular flexibility index (Phi) is 3.59. The van der Waals surface area contributed by atoms with Crippen molar-refractivity contribution in [2.75, 3.05) is 23.7 Å². The lowest BCUT2D eigenvalue weighted by molar-refractivity contribution is 0.423. The Morgan fingerprint density at radius 2 is 2.20 bits per heavy atom. The molecule has 4 heteroatoms. The zero-order valence-electron chi connectivity index (χ0n) is 11.9. The molecule has 1 aromatic heterocycles. The third-order valence-electron chi connectivity index (χ3n) is 4.31. The number of hydrogen-bond donors (Lipinski definition) is 1. The first-order chi connectivity index (χ1) is 9.56. The van der Waals surface area contributed by atoms with Crippen LogP contribution >= 0.6 is 15.9 Å². The molecule has 1 unspecified atom stereocenters. The summed E-state index contributed by atoms with van der Waals surface area (Å²) in [6.07, 6.45) is 3.03. The van der Waals surface area contributed by atoms with E-state index in [-0.39, 0.29) is 0 Å². The number of fused-ring (bicyclic) bond motifs is 1. The van der Waals surface area contributed by atoms with Crippen molar-refractivity contribution >= 4 is 38.2 Å². The molecule has 0 radical (unpaired) electrons. The number of benzene rings is 1. The van der Waals surface area contributed by atoms with Gasteiger partial charge < -0.3 is 10.6 Å². The summed E-state index contributed by atoms with van der Waals surface area (Å²) in [5, 5.41) is 1.14. The molecule has 20 heavy (non-hydrogen) atoms. The van der Waals surface area contributed by atoms with Gasteiger partial charge in [0.1, 0.15) is 0 Å². The van der Waals surface area contributed by atoms with Gasteiger partial charge in [-0.2, -0.15) is 0 Å². The van der Waals surface area contributed by atoms with E-state index >= 15 is 0 Å². The molecular weight excluding hydrogens is 314 g/mol. The molecule has 1 aromatic carbocycles. The van der Waals surface area contributed by atoms with E-state index in [2.05, 4.69) is 45.7 Å². The van der Waals surface area contributed by atoms with Crippen LogP contribution in [0.4, 0.5) is 11.4 Å². The van der Waals surface area contributed by atoms with E-state index in [1.807, 2.05) is 12.1 Å². The Morgan fingerprint density at radius 3 is 2.90 bits per heavy atom. The van der Waals surface area contributed by atoms with Crippen molar-refractivity contribution in [3.63, 3.8) is 0 Å². The summed E-state index contributed by atoms with van der Waals surface area (Å²) in [4.78, 5) is 6.86. The predicted octanol–water partition coefficient (Wildman–Crippen LogP) is 4.06. The monoisotopic (exact) mass is 333 g/mol. The third-order valence-corrected chi connectivity index (χ3v) is 4.81. The summed E-state index contributed by atoms with van der Waals surface area (Å²) >= 11 is 3.55. The number of nitrogens with zero attached hydrogens (tertiary/aromatic N) is 2. The fourth-order valence-electron chi connectivity index (χ4n) is 3.05. The van der Waals surface area contributed by atoms with Crippen molar-refractivity contribution in [2.45, 2.75) is 20.3 Å². The van der Waals surface area contributed by atoms with Crippen molar-refractivity contribution in [3.05, 3.63) is 28.9 Å². The fraction of sp³-hybridized carbons (Fsp3) is 0.438. The van der Waals surface area contributed by atoms with Gasteiger partial charge >= 0.3 is 0 Å². The van der Waals surface area contributed by atoms with Gasteiger partial charge in [-0.1, -0.05) is 29.8 Å². The molecule has 3 rings (SSSR count). The van der Waals surface area contributed by atoms with Crippen LogP contribution < -0.4 is 10.6 Å². The second-order valence-corrected chi connectivity index (χ2v) is 6.88. The number of pyridine rings is 1. The highest BCUT2D eigenvalue weighted by Gasteiger charge is 2.27. The van der Waals surface area contributed by atoms with Gasteiger partial charge in [0.25, 0.3) is 0 Å². The molecule has 2 aromatic rings. The second-order valence-electron chi connectivity index (χ2n) is 5.96. The number of halogens is 1. The van der Waals surface area contributed by atoms with Gasteiger partial charge in [0.15, 0.2) is 0 Å². The van der Waals surface area contributed by atoms with Gasteiger partial charge in [0, 0.05) is 22.9 Å². The quantitative estimate of drug-likeness (QED) is 0.900. The standard InChI is InChI=1S/C16H20BrN3/c1-10(2)11-5-6-20(9-11)16-13-7-12(17)3-4-15(13)19-8-14(16)18/h3-4,7-8,10-11H,5-6,9,18H2,1-2H3. The molecule has 1 fully saturated rings. The minimum atomic E-state index is 0.723. The highest BCUT2D eigenvalue weighted by atomic mass is 79.9. The van der Waals surface area contributed by atoms with Crippen LogP contribution in [-0.4, -0.2) is 18.1 Å².